The Balaban J connectivity index is 1.28. The van der Waals surface area contributed by atoms with Gasteiger partial charge >= 0.3 is 0 Å². The van der Waals surface area contributed by atoms with Crippen molar-refractivity contribution in [2.75, 3.05) is 46.4 Å². The number of carbonyl (C=O) groups is 1. The molecule has 5 rings (SSSR count). The highest BCUT2D eigenvalue weighted by atomic mass is 16.5. The molecule has 38 heavy (non-hydrogen) atoms. The Morgan fingerprint density at radius 1 is 0.895 bits per heavy atom. The SMILES string of the molecule is CCOc1ccc([C@@H]2CC(c3cccc(OC)c3)=NN2C(=O)CN2CCN(Cc3ccccc3)CC2)cc1. The third kappa shape index (κ3) is 6.23. The zero-order valence-electron chi connectivity index (χ0n) is 22.3. The van der Waals surface area contributed by atoms with Crippen molar-refractivity contribution < 1.29 is 14.3 Å². The number of benzene rings is 3. The van der Waals surface area contributed by atoms with Crippen LogP contribution in [0.5, 0.6) is 11.5 Å². The van der Waals surface area contributed by atoms with E-state index in [1.54, 1.807) is 12.1 Å². The molecule has 1 fully saturated rings. The summed E-state index contributed by atoms with van der Waals surface area (Å²) >= 11 is 0. The molecule has 7 heteroatoms. The lowest BCUT2D eigenvalue weighted by Crippen LogP contribution is -2.49. The molecule has 0 spiro atoms. The molecule has 7 nitrogen and oxygen atoms in total. The molecule has 2 heterocycles. The number of hydrogen-bond acceptors (Lipinski definition) is 6. The van der Waals surface area contributed by atoms with E-state index in [4.69, 9.17) is 14.6 Å². The van der Waals surface area contributed by atoms with Crippen LogP contribution in [0, 0.1) is 0 Å². The minimum Gasteiger partial charge on any atom is -0.497 e. The van der Waals surface area contributed by atoms with Gasteiger partial charge in [-0.1, -0.05) is 54.6 Å². The van der Waals surface area contributed by atoms with E-state index in [1.807, 2.05) is 61.5 Å². The monoisotopic (exact) mass is 512 g/mol. The summed E-state index contributed by atoms with van der Waals surface area (Å²) in [6, 6.07) is 26.3. The lowest BCUT2D eigenvalue weighted by atomic mass is 9.98. The molecular weight excluding hydrogens is 476 g/mol. The fraction of sp³-hybridized carbons (Fsp3) is 0.355. The van der Waals surface area contributed by atoms with Crippen molar-refractivity contribution >= 4 is 11.6 Å². The van der Waals surface area contributed by atoms with Crippen molar-refractivity contribution in [3.8, 4) is 11.5 Å². The van der Waals surface area contributed by atoms with Crippen molar-refractivity contribution in [3.05, 3.63) is 95.6 Å². The van der Waals surface area contributed by atoms with Gasteiger partial charge < -0.3 is 9.47 Å². The van der Waals surface area contributed by atoms with Crippen molar-refractivity contribution in [2.45, 2.75) is 25.9 Å². The zero-order chi connectivity index (χ0) is 26.3. The largest absolute Gasteiger partial charge is 0.497 e. The predicted molar refractivity (Wildman–Crippen MR) is 150 cm³/mol. The molecule has 3 aromatic rings. The molecular formula is C31H36N4O3. The summed E-state index contributed by atoms with van der Waals surface area (Å²) in [6.45, 7) is 7.53. The maximum Gasteiger partial charge on any atom is 0.257 e. The first-order valence-electron chi connectivity index (χ1n) is 13.4. The number of hydrogen-bond donors (Lipinski definition) is 0. The number of hydrazone groups is 1. The third-order valence-corrected chi connectivity index (χ3v) is 7.22. The van der Waals surface area contributed by atoms with Crippen LogP contribution in [0.15, 0.2) is 84.0 Å². The van der Waals surface area contributed by atoms with E-state index in [9.17, 15) is 4.79 Å². The molecule has 1 atom stereocenters. The molecule has 1 amide bonds. The summed E-state index contributed by atoms with van der Waals surface area (Å²) < 4.78 is 11.0. The van der Waals surface area contributed by atoms with E-state index in [-0.39, 0.29) is 11.9 Å². The molecule has 198 valence electrons. The molecule has 0 unspecified atom stereocenters. The number of piperazine rings is 1. The number of nitrogens with zero attached hydrogens (tertiary/aromatic N) is 4. The molecule has 0 N–H and O–H groups in total. The van der Waals surface area contributed by atoms with Crippen molar-refractivity contribution in [3.63, 3.8) is 0 Å². The fourth-order valence-corrected chi connectivity index (χ4v) is 5.14. The van der Waals surface area contributed by atoms with Gasteiger partial charge in [0.1, 0.15) is 11.5 Å². The van der Waals surface area contributed by atoms with Crippen LogP contribution in [0.3, 0.4) is 0 Å². The van der Waals surface area contributed by atoms with Crippen LogP contribution in [-0.2, 0) is 11.3 Å². The highest BCUT2D eigenvalue weighted by Crippen LogP contribution is 2.34. The standard InChI is InChI=1S/C31H36N4O3/c1-3-38-27-14-12-25(13-15-27)30-21-29(26-10-7-11-28(20-26)37-2)32-35(30)31(36)23-34-18-16-33(17-19-34)22-24-8-5-4-6-9-24/h4-15,20,30H,3,16-19,21-23H2,1-2H3/t30-/m0/s1. The first kappa shape index (κ1) is 25.9. The summed E-state index contributed by atoms with van der Waals surface area (Å²) in [4.78, 5) is 18.4. The van der Waals surface area contributed by atoms with Crippen LogP contribution in [0.1, 0.15) is 36.1 Å². The average Bonchev–Trinajstić information content (AvgIpc) is 3.41. The van der Waals surface area contributed by atoms with Crippen LogP contribution >= 0.6 is 0 Å². The van der Waals surface area contributed by atoms with E-state index in [0.717, 1.165) is 61.1 Å². The van der Waals surface area contributed by atoms with Crippen LogP contribution in [0.4, 0.5) is 0 Å². The molecule has 0 aromatic heterocycles. The van der Waals surface area contributed by atoms with Gasteiger partial charge in [-0.05, 0) is 42.3 Å². The first-order valence-corrected chi connectivity index (χ1v) is 13.4. The molecule has 3 aromatic carbocycles. The molecule has 0 aliphatic carbocycles. The second-order valence-electron chi connectivity index (χ2n) is 9.78. The minimum absolute atomic E-state index is 0.0262. The van der Waals surface area contributed by atoms with Gasteiger partial charge in [-0.15, -0.1) is 0 Å². The maximum atomic E-state index is 13.7. The van der Waals surface area contributed by atoms with Crippen molar-refractivity contribution in [1.29, 1.82) is 0 Å². The van der Waals surface area contributed by atoms with E-state index in [2.05, 4.69) is 34.1 Å². The summed E-state index contributed by atoms with van der Waals surface area (Å²) in [5.74, 6) is 1.63. The van der Waals surface area contributed by atoms with Gasteiger partial charge in [0.25, 0.3) is 5.91 Å². The molecule has 0 radical (unpaired) electrons. The quantitative estimate of drug-likeness (QED) is 0.420. The number of methoxy groups -OCH3 is 1. The van der Waals surface area contributed by atoms with Gasteiger partial charge in [-0.25, -0.2) is 5.01 Å². The van der Waals surface area contributed by atoms with Gasteiger partial charge in [0.15, 0.2) is 0 Å². The number of carbonyl (C=O) groups excluding carboxylic acids is 1. The Hall–Kier alpha value is -3.68. The lowest BCUT2D eigenvalue weighted by Gasteiger charge is -2.35. The van der Waals surface area contributed by atoms with E-state index in [1.165, 1.54) is 5.56 Å². The summed E-state index contributed by atoms with van der Waals surface area (Å²) in [6.07, 6.45) is 0.651. The van der Waals surface area contributed by atoms with Gasteiger partial charge in [-0.2, -0.15) is 5.10 Å². The number of ether oxygens (including phenoxy) is 2. The summed E-state index contributed by atoms with van der Waals surface area (Å²) in [5.41, 5.74) is 4.25. The van der Waals surface area contributed by atoms with Crippen LogP contribution in [0.25, 0.3) is 0 Å². The van der Waals surface area contributed by atoms with Crippen molar-refractivity contribution in [1.82, 2.24) is 14.8 Å². The van der Waals surface area contributed by atoms with Crippen LogP contribution in [-0.4, -0.2) is 72.9 Å². The summed E-state index contributed by atoms with van der Waals surface area (Å²) in [7, 11) is 1.66. The molecule has 1 saturated heterocycles. The highest BCUT2D eigenvalue weighted by molar-refractivity contribution is 6.03. The Kier molecular flexibility index (Phi) is 8.36. The van der Waals surface area contributed by atoms with E-state index >= 15 is 0 Å². The lowest BCUT2D eigenvalue weighted by molar-refractivity contribution is -0.134. The predicted octanol–water partition coefficient (Wildman–Crippen LogP) is 4.59. The van der Waals surface area contributed by atoms with Gasteiger partial charge in [0, 0.05) is 44.7 Å². The van der Waals surface area contributed by atoms with Crippen molar-refractivity contribution in [2.24, 2.45) is 5.10 Å². The topological polar surface area (TPSA) is 57.6 Å². The summed E-state index contributed by atoms with van der Waals surface area (Å²) in [5, 5.41) is 6.56. The number of amides is 1. The second-order valence-corrected chi connectivity index (χ2v) is 9.78. The molecule has 2 aliphatic rings. The molecule has 0 bridgehead atoms. The maximum absolute atomic E-state index is 13.7. The van der Waals surface area contributed by atoms with Gasteiger partial charge in [0.05, 0.1) is 32.0 Å². The normalized spacial score (nSPS) is 18.3. The van der Waals surface area contributed by atoms with Gasteiger partial charge in [-0.3, -0.25) is 14.6 Å². The fourth-order valence-electron chi connectivity index (χ4n) is 5.14. The average molecular weight is 513 g/mol. The first-order chi connectivity index (χ1) is 18.6. The second kappa shape index (κ2) is 12.2. The zero-order valence-corrected chi connectivity index (χ0v) is 22.3. The molecule has 2 aliphatic heterocycles. The van der Waals surface area contributed by atoms with Crippen LogP contribution < -0.4 is 9.47 Å². The third-order valence-electron chi connectivity index (χ3n) is 7.22. The Bertz CT molecular complexity index is 1240. The van der Waals surface area contributed by atoms with Gasteiger partial charge in [0.2, 0.25) is 0 Å². The highest BCUT2D eigenvalue weighted by Gasteiger charge is 2.34. The Labute approximate surface area is 225 Å². The Morgan fingerprint density at radius 3 is 2.34 bits per heavy atom. The van der Waals surface area contributed by atoms with E-state index < -0.39 is 0 Å². The molecule has 0 saturated carbocycles. The Morgan fingerprint density at radius 2 is 1.63 bits per heavy atom. The minimum atomic E-state index is -0.154. The van der Waals surface area contributed by atoms with Crippen LogP contribution in [0.2, 0.25) is 0 Å². The number of rotatable bonds is 9. The van der Waals surface area contributed by atoms with E-state index in [0.29, 0.717) is 19.6 Å². The smallest absolute Gasteiger partial charge is 0.257 e.